The van der Waals surface area contributed by atoms with Gasteiger partial charge in [0.25, 0.3) is 11.6 Å². The molecule has 0 bridgehead atoms. The Hall–Kier alpha value is -2.44. The summed E-state index contributed by atoms with van der Waals surface area (Å²) in [5.41, 5.74) is 0.0662. The SMILES string of the molecule is CCC(CNC(=O)c1cccc(C)c1[N+](=O)[O-])C(=O)O. The molecule has 1 atom stereocenters. The van der Waals surface area contributed by atoms with E-state index in [-0.39, 0.29) is 17.8 Å². The average Bonchev–Trinajstić information content (AvgIpc) is 2.37. The third kappa shape index (κ3) is 3.53. The molecule has 0 fully saturated rings. The maximum absolute atomic E-state index is 12.0. The summed E-state index contributed by atoms with van der Waals surface area (Å²) in [6.07, 6.45) is 0.367. The van der Waals surface area contributed by atoms with Gasteiger partial charge in [-0.05, 0) is 19.4 Å². The fraction of sp³-hybridized carbons (Fsp3) is 0.385. The van der Waals surface area contributed by atoms with Crippen molar-refractivity contribution in [3.8, 4) is 0 Å². The largest absolute Gasteiger partial charge is 0.481 e. The number of amides is 1. The summed E-state index contributed by atoms with van der Waals surface area (Å²) in [7, 11) is 0. The zero-order valence-corrected chi connectivity index (χ0v) is 11.3. The fourth-order valence-corrected chi connectivity index (χ4v) is 1.80. The van der Waals surface area contributed by atoms with Crippen LogP contribution in [0.3, 0.4) is 0 Å². The van der Waals surface area contributed by atoms with Crippen LogP contribution in [0.4, 0.5) is 5.69 Å². The van der Waals surface area contributed by atoms with Gasteiger partial charge in [0.05, 0.1) is 10.8 Å². The van der Waals surface area contributed by atoms with Crippen LogP contribution in [0.15, 0.2) is 18.2 Å². The molecule has 0 saturated heterocycles. The minimum atomic E-state index is -1.01. The van der Waals surface area contributed by atoms with E-state index in [2.05, 4.69) is 5.32 Å². The highest BCUT2D eigenvalue weighted by molar-refractivity contribution is 5.98. The second kappa shape index (κ2) is 6.65. The Labute approximate surface area is 115 Å². The van der Waals surface area contributed by atoms with Crippen LogP contribution in [0.5, 0.6) is 0 Å². The first-order valence-electron chi connectivity index (χ1n) is 6.13. The summed E-state index contributed by atoms with van der Waals surface area (Å²) >= 11 is 0. The highest BCUT2D eigenvalue weighted by Crippen LogP contribution is 2.22. The molecule has 1 amide bonds. The number of aryl methyl sites for hydroxylation is 1. The molecule has 1 rings (SSSR count). The number of aliphatic carboxylic acids is 1. The minimum Gasteiger partial charge on any atom is -0.481 e. The van der Waals surface area contributed by atoms with E-state index in [9.17, 15) is 19.7 Å². The number of nitro groups is 1. The Balaban J connectivity index is 2.91. The van der Waals surface area contributed by atoms with E-state index in [1.165, 1.54) is 6.07 Å². The van der Waals surface area contributed by atoms with Crippen LogP contribution < -0.4 is 5.32 Å². The number of hydrogen-bond donors (Lipinski definition) is 2. The van der Waals surface area contributed by atoms with Gasteiger partial charge >= 0.3 is 5.97 Å². The number of carbonyl (C=O) groups excluding carboxylic acids is 1. The Morgan fingerprint density at radius 2 is 2.10 bits per heavy atom. The van der Waals surface area contributed by atoms with Gasteiger partial charge in [-0.3, -0.25) is 19.7 Å². The van der Waals surface area contributed by atoms with Crippen LogP contribution in [-0.2, 0) is 4.79 Å². The standard InChI is InChI=1S/C13H16N2O5/c1-3-9(13(17)18)7-14-12(16)10-6-4-5-8(2)11(10)15(19)20/h4-6,9H,3,7H2,1-2H3,(H,14,16)(H,17,18). The lowest BCUT2D eigenvalue weighted by Crippen LogP contribution is -2.33. The van der Waals surface area contributed by atoms with Gasteiger partial charge in [-0.15, -0.1) is 0 Å². The van der Waals surface area contributed by atoms with E-state index in [0.717, 1.165) is 0 Å². The second-order valence-electron chi connectivity index (χ2n) is 4.38. The van der Waals surface area contributed by atoms with Crippen molar-refractivity contribution in [3.05, 3.63) is 39.4 Å². The molecule has 0 aliphatic rings. The van der Waals surface area contributed by atoms with Crippen molar-refractivity contribution < 1.29 is 19.6 Å². The van der Waals surface area contributed by atoms with Gasteiger partial charge in [-0.25, -0.2) is 0 Å². The number of carbonyl (C=O) groups is 2. The van der Waals surface area contributed by atoms with Crippen LogP contribution in [0.1, 0.15) is 29.3 Å². The lowest BCUT2D eigenvalue weighted by molar-refractivity contribution is -0.385. The van der Waals surface area contributed by atoms with Gasteiger partial charge in [-0.1, -0.05) is 19.1 Å². The van der Waals surface area contributed by atoms with Crippen LogP contribution in [0.25, 0.3) is 0 Å². The average molecular weight is 280 g/mol. The number of nitrogens with zero attached hydrogens (tertiary/aromatic N) is 1. The Kier molecular flexibility index (Phi) is 5.19. The summed E-state index contributed by atoms with van der Waals surface area (Å²) in [6, 6.07) is 4.44. The first-order chi connectivity index (χ1) is 9.38. The zero-order valence-electron chi connectivity index (χ0n) is 11.3. The first-order valence-corrected chi connectivity index (χ1v) is 6.13. The van der Waals surface area contributed by atoms with Crippen molar-refractivity contribution in [1.82, 2.24) is 5.32 Å². The van der Waals surface area contributed by atoms with Crippen molar-refractivity contribution in [3.63, 3.8) is 0 Å². The van der Waals surface area contributed by atoms with Gasteiger partial charge in [0, 0.05) is 12.1 Å². The van der Waals surface area contributed by atoms with E-state index in [1.54, 1.807) is 26.0 Å². The molecule has 7 nitrogen and oxygen atoms in total. The number of nitrogens with one attached hydrogen (secondary N) is 1. The van der Waals surface area contributed by atoms with Gasteiger partial charge < -0.3 is 10.4 Å². The van der Waals surface area contributed by atoms with Crippen molar-refractivity contribution >= 4 is 17.6 Å². The second-order valence-corrected chi connectivity index (χ2v) is 4.38. The van der Waals surface area contributed by atoms with E-state index in [1.807, 2.05) is 0 Å². The number of nitro benzene ring substituents is 1. The highest BCUT2D eigenvalue weighted by atomic mass is 16.6. The minimum absolute atomic E-state index is 0.0598. The quantitative estimate of drug-likeness (QED) is 0.609. The highest BCUT2D eigenvalue weighted by Gasteiger charge is 2.23. The summed E-state index contributed by atoms with van der Waals surface area (Å²) in [6.45, 7) is 3.18. The molecule has 0 aromatic heterocycles. The number of para-hydroxylation sites is 1. The van der Waals surface area contributed by atoms with Crippen molar-refractivity contribution in [1.29, 1.82) is 0 Å². The Morgan fingerprint density at radius 1 is 1.45 bits per heavy atom. The predicted octanol–water partition coefficient (Wildman–Crippen LogP) is 1.74. The molecule has 1 aromatic carbocycles. The molecule has 7 heteroatoms. The third-order valence-corrected chi connectivity index (χ3v) is 3.02. The number of carboxylic acids is 1. The summed E-state index contributed by atoms with van der Waals surface area (Å²) < 4.78 is 0. The smallest absolute Gasteiger partial charge is 0.308 e. The van der Waals surface area contributed by atoms with Crippen LogP contribution in [0, 0.1) is 23.0 Å². The monoisotopic (exact) mass is 280 g/mol. The number of benzene rings is 1. The molecule has 0 radical (unpaired) electrons. The molecule has 1 aromatic rings. The molecule has 0 spiro atoms. The molecule has 2 N–H and O–H groups in total. The molecular formula is C13H16N2O5. The van der Waals surface area contributed by atoms with Crippen molar-refractivity contribution in [2.75, 3.05) is 6.54 Å². The van der Waals surface area contributed by atoms with Gasteiger partial charge in [-0.2, -0.15) is 0 Å². The third-order valence-electron chi connectivity index (χ3n) is 3.02. The predicted molar refractivity (Wildman–Crippen MR) is 71.6 cm³/mol. The lowest BCUT2D eigenvalue weighted by Gasteiger charge is -2.11. The summed E-state index contributed by atoms with van der Waals surface area (Å²) in [5, 5.41) is 22.3. The molecule has 0 saturated carbocycles. The first kappa shape index (κ1) is 15.6. The maximum Gasteiger partial charge on any atom is 0.308 e. The maximum atomic E-state index is 12.0. The molecule has 108 valence electrons. The van der Waals surface area contributed by atoms with E-state index < -0.39 is 22.7 Å². The van der Waals surface area contributed by atoms with Crippen LogP contribution in [-0.4, -0.2) is 28.5 Å². The summed E-state index contributed by atoms with van der Waals surface area (Å²) in [4.78, 5) is 33.2. The van der Waals surface area contributed by atoms with Gasteiger partial charge in [0.1, 0.15) is 5.56 Å². The molecule has 0 aliphatic carbocycles. The molecule has 1 unspecified atom stereocenters. The van der Waals surface area contributed by atoms with Crippen molar-refractivity contribution in [2.24, 2.45) is 5.92 Å². The van der Waals surface area contributed by atoms with Crippen LogP contribution in [0.2, 0.25) is 0 Å². The zero-order chi connectivity index (χ0) is 15.3. The van der Waals surface area contributed by atoms with Gasteiger partial charge in [0.15, 0.2) is 0 Å². The number of carboxylic acid groups (broad SMARTS) is 1. The topological polar surface area (TPSA) is 110 Å². The summed E-state index contributed by atoms with van der Waals surface area (Å²) in [5.74, 6) is -2.35. The molecule has 0 heterocycles. The van der Waals surface area contributed by atoms with E-state index >= 15 is 0 Å². The number of rotatable bonds is 6. The lowest BCUT2D eigenvalue weighted by atomic mass is 10.1. The molecule has 0 aliphatic heterocycles. The normalized spacial score (nSPS) is 11.7. The Bertz CT molecular complexity index is 542. The molecule has 20 heavy (non-hydrogen) atoms. The van der Waals surface area contributed by atoms with E-state index in [4.69, 9.17) is 5.11 Å². The van der Waals surface area contributed by atoms with Crippen molar-refractivity contribution in [2.45, 2.75) is 20.3 Å². The van der Waals surface area contributed by atoms with E-state index in [0.29, 0.717) is 12.0 Å². The molecular weight excluding hydrogens is 264 g/mol. The van der Waals surface area contributed by atoms with Crippen LogP contribution >= 0.6 is 0 Å². The van der Waals surface area contributed by atoms with Gasteiger partial charge in [0.2, 0.25) is 0 Å². The Morgan fingerprint density at radius 3 is 2.60 bits per heavy atom. The number of hydrogen-bond acceptors (Lipinski definition) is 4. The fourth-order valence-electron chi connectivity index (χ4n) is 1.80.